The standard InChI is InChI=1S/C26H20F2N8O3/c1-39-26(38)34-10-11-35-19(13-34)23(24(33-35)15-2-4-17(27)5-3-15)18-6-7-22-30-21(14-36(22)32-18)31-25(37)16-8-9-29-20(28)12-16/h2-9,12,14H,10-11,13H2,1H3,(H,31,37). The van der Waals surface area contributed by atoms with Crippen LogP contribution in [0.5, 0.6) is 0 Å². The molecule has 0 atom stereocenters. The van der Waals surface area contributed by atoms with E-state index in [1.54, 1.807) is 29.2 Å². The lowest BCUT2D eigenvalue weighted by Crippen LogP contribution is -2.38. The number of benzene rings is 1. The first kappa shape index (κ1) is 24.2. The maximum absolute atomic E-state index is 13.7. The van der Waals surface area contributed by atoms with E-state index in [-0.39, 0.29) is 23.7 Å². The van der Waals surface area contributed by atoms with Crippen molar-refractivity contribution in [2.24, 2.45) is 0 Å². The monoisotopic (exact) mass is 530 g/mol. The van der Waals surface area contributed by atoms with Gasteiger partial charge in [0.25, 0.3) is 5.91 Å². The summed E-state index contributed by atoms with van der Waals surface area (Å²) in [5.74, 6) is -1.47. The maximum atomic E-state index is 13.7. The van der Waals surface area contributed by atoms with E-state index in [1.807, 2.05) is 4.68 Å². The van der Waals surface area contributed by atoms with Crippen LogP contribution in [0, 0.1) is 11.8 Å². The van der Waals surface area contributed by atoms with Gasteiger partial charge in [-0.3, -0.25) is 9.48 Å². The van der Waals surface area contributed by atoms with Gasteiger partial charge in [-0.1, -0.05) is 0 Å². The molecule has 0 radical (unpaired) electrons. The third kappa shape index (κ3) is 4.54. The van der Waals surface area contributed by atoms with Crippen LogP contribution in [0.25, 0.3) is 28.2 Å². The van der Waals surface area contributed by atoms with Gasteiger partial charge in [-0.15, -0.1) is 0 Å². The van der Waals surface area contributed by atoms with Crippen LogP contribution in [0.1, 0.15) is 16.1 Å². The summed E-state index contributed by atoms with van der Waals surface area (Å²) in [5, 5.41) is 12.1. The number of methoxy groups -OCH3 is 1. The Morgan fingerprint density at radius 2 is 1.85 bits per heavy atom. The van der Waals surface area contributed by atoms with Crippen molar-refractivity contribution < 1.29 is 23.1 Å². The summed E-state index contributed by atoms with van der Waals surface area (Å²) in [6.45, 7) is 1.10. The number of halogens is 2. The first-order chi connectivity index (χ1) is 18.9. The number of amides is 2. The lowest BCUT2D eigenvalue weighted by Gasteiger charge is -2.27. The molecule has 1 aromatic carbocycles. The molecule has 0 saturated heterocycles. The van der Waals surface area contributed by atoms with Gasteiger partial charge in [0.2, 0.25) is 5.95 Å². The summed E-state index contributed by atoms with van der Waals surface area (Å²) >= 11 is 0. The molecule has 5 heterocycles. The molecule has 0 aliphatic carbocycles. The third-order valence-electron chi connectivity index (χ3n) is 6.34. The number of nitrogens with one attached hydrogen (secondary N) is 1. The zero-order chi connectivity index (χ0) is 27.1. The lowest BCUT2D eigenvalue weighted by atomic mass is 10.0. The number of hydrogen-bond donors (Lipinski definition) is 1. The van der Waals surface area contributed by atoms with E-state index in [4.69, 9.17) is 14.9 Å². The molecule has 0 fully saturated rings. The molecule has 1 N–H and O–H groups in total. The Kier molecular flexibility index (Phi) is 5.94. The van der Waals surface area contributed by atoms with E-state index in [0.29, 0.717) is 41.3 Å². The van der Waals surface area contributed by atoms with Gasteiger partial charge in [0.05, 0.1) is 43.3 Å². The van der Waals surface area contributed by atoms with Gasteiger partial charge in [-0.25, -0.2) is 23.7 Å². The highest BCUT2D eigenvalue weighted by Crippen LogP contribution is 2.36. The summed E-state index contributed by atoms with van der Waals surface area (Å²) in [7, 11) is 1.33. The number of ether oxygens (including phenoxy) is 1. The van der Waals surface area contributed by atoms with Crippen LogP contribution < -0.4 is 5.32 Å². The normalized spacial score (nSPS) is 12.8. The van der Waals surface area contributed by atoms with E-state index < -0.39 is 17.9 Å². The summed E-state index contributed by atoms with van der Waals surface area (Å²) in [6.07, 6.45) is 2.28. The minimum Gasteiger partial charge on any atom is -0.453 e. The van der Waals surface area contributed by atoms with Crippen molar-refractivity contribution in [2.75, 3.05) is 19.0 Å². The second kappa shape index (κ2) is 9.59. The molecule has 2 amide bonds. The summed E-state index contributed by atoms with van der Waals surface area (Å²) in [4.78, 5) is 34.2. The second-order valence-corrected chi connectivity index (χ2v) is 8.76. The van der Waals surface area contributed by atoms with Gasteiger partial charge < -0.3 is 15.0 Å². The fourth-order valence-electron chi connectivity index (χ4n) is 4.49. The van der Waals surface area contributed by atoms with Gasteiger partial charge >= 0.3 is 6.09 Å². The maximum Gasteiger partial charge on any atom is 0.409 e. The molecule has 0 spiro atoms. The molecule has 4 aromatic heterocycles. The van der Waals surface area contributed by atoms with Crippen molar-refractivity contribution in [3.8, 4) is 22.5 Å². The van der Waals surface area contributed by atoms with Crippen molar-refractivity contribution in [1.29, 1.82) is 0 Å². The van der Waals surface area contributed by atoms with E-state index in [2.05, 4.69) is 15.3 Å². The zero-order valence-electron chi connectivity index (χ0n) is 20.5. The minimum absolute atomic E-state index is 0.0961. The van der Waals surface area contributed by atoms with Crippen LogP contribution in [0.3, 0.4) is 0 Å². The van der Waals surface area contributed by atoms with Crippen molar-refractivity contribution >= 4 is 23.5 Å². The van der Waals surface area contributed by atoms with E-state index >= 15 is 0 Å². The number of rotatable bonds is 4. The SMILES string of the molecule is COC(=O)N1CCn2nc(-c3ccc(F)cc3)c(-c3ccc4nc(NC(=O)c5ccnc(F)c5)cn4n3)c2C1. The molecule has 0 bridgehead atoms. The molecule has 13 heteroatoms. The molecule has 6 rings (SSSR count). The van der Waals surface area contributed by atoms with Crippen LogP contribution in [-0.2, 0) is 17.8 Å². The van der Waals surface area contributed by atoms with Gasteiger partial charge in [-0.2, -0.15) is 14.6 Å². The molecule has 1 aliphatic rings. The van der Waals surface area contributed by atoms with Crippen LogP contribution in [0.2, 0.25) is 0 Å². The highest BCUT2D eigenvalue weighted by molar-refractivity contribution is 6.03. The predicted octanol–water partition coefficient (Wildman–Crippen LogP) is 3.77. The Labute approximate surface area is 219 Å². The van der Waals surface area contributed by atoms with E-state index in [0.717, 1.165) is 11.8 Å². The van der Waals surface area contributed by atoms with Crippen LogP contribution in [0.4, 0.5) is 19.4 Å². The number of carbonyl (C=O) groups excluding carboxylic acids is 2. The summed E-state index contributed by atoms with van der Waals surface area (Å²) in [6, 6.07) is 11.9. The molecule has 5 aromatic rings. The molecular weight excluding hydrogens is 510 g/mol. The van der Waals surface area contributed by atoms with Gasteiger partial charge in [-0.05, 0) is 42.5 Å². The summed E-state index contributed by atoms with van der Waals surface area (Å²) in [5.41, 5.74) is 3.75. The quantitative estimate of drug-likeness (QED) is 0.351. The smallest absolute Gasteiger partial charge is 0.409 e. The number of hydrogen-bond acceptors (Lipinski definition) is 7. The van der Waals surface area contributed by atoms with Crippen molar-refractivity contribution in [3.63, 3.8) is 0 Å². The predicted molar refractivity (Wildman–Crippen MR) is 135 cm³/mol. The third-order valence-corrected chi connectivity index (χ3v) is 6.34. The lowest BCUT2D eigenvalue weighted by molar-refractivity contribution is 0.102. The molecule has 196 valence electrons. The Morgan fingerprint density at radius 3 is 2.62 bits per heavy atom. The number of nitrogens with zero attached hydrogens (tertiary/aromatic N) is 7. The second-order valence-electron chi connectivity index (χ2n) is 8.76. The number of pyridine rings is 1. The van der Waals surface area contributed by atoms with Crippen molar-refractivity contribution in [1.82, 2.24) is 34.3 Å². The fraction of sp³-hybridized carbons (Fsp3) is 0.154. The highest BCUT2D eigenvalue weighted by Gasteiger charge is 2.29. The van der Waals surface area contributed by atoms with Crippen LogP contribution in [-0.4, -0.2) is 59.9 Å². The number of fused-ring (bicyclic) bond motifs is 2. The molecule has 0 saturated carbocycles. The van der Waals surface area contributed by atoms with Gasteiger partial charge in [0, 0.05) is 29.9 Å². The molecule has 1 aliphatic heterocycles. The molecule has 0 unspecified atom stereocenters. The van der Waals surface area contributed by atoms with E-state index in [9.17, 15) is 18.4 Å². The minimum atomic E-state index is -0.767. The molecule has 39 heavy (non-hydrogen) atoms. The first-order valence-corrected chi connectivity index (χ1v) is 11.9. The highest BCUT2D eigenvalue weighted by atomic mass is 19.1. The average Bonchev–Trinajstić information content (AvgIpc) is 3.52. The largest absolute Gasteiger partial charge is 0.453 e. The topological polar surface area (TPSA) is 120 Å². The van der Waals surface area contributed by atoms with Crippen molar-refractivity contribution in [2.45, 2.75) is 13.1 Å². The first-order valence-electron chi connectivity index (χ1n) is 11.9. The molecular formula is C26H20F2N8O3. The fourth-order valence-corrected chi connectivity index (χ4v) is 4.49. The van der Waals surface area contributed by atoms with Crippen LogP contribution >= 0.6 is 0 Å². The number of imidazole rings is 1. The van der Waals surface area contributed by atoms with Gasteiger partial charge in [0.1, 0.15) is 11.5 Å². The summed E-state index contributed by atoms with van der Waals surface area (Å²) < 4.78 is 35.3. The zero-order valence-corrected chi connectivity index (χ0v) is 20.5. The Hall–Kier alpha value is -5.20. The number of anilines is 1. The van der Waals surface area contributed by atoms with Crippen molar-refractivity contribution in [3.05, 3.63) is 83.9 Å². The number of aromatic nitrogens is 6. The van der Waals surface area contributed by atoms with Crippen LogP contribution in [0.15, 0.2) is 60.9 Å². The Bertz CT molecular complexity index is 1730. The van der Waals surface area contributed by atoms with Gasteiger partial charge in [0.15, 0.2) is 11.5 Å². The average molecular weight is 530 g/mol. The Morgan fingerprint density at radius 1 is 1.03 bits per heavy atom. The number of carbonyl (C=O) groups is 2. The molecule has 11 nitrogen and oxygen atoms in total. The Balaban J connectivity index is 1.40. The van der Waals surface area contributed by atoms with E-state index in [1.165, 1.54) is 42.2 Å².